The molecule has 1 aromatic heterocycles. The molecule has 0 aliphatic heterocycles. The maximum Gasteiger partial charge on any atom is 0.255 e. The van der Waals surface area contributed by atoms with Crippen molar-refractivity contribution in [3.05, 3.63) is 52.1 Å². The van der Waals surface area contributed by atoms with Crippen molar-refractivity contribution in [1.82, 2.24) is 4.98 Å². The molecule has 0 unspecified atom stereocenters. The first kappa shape index (κ1) is 15.5. The maximum absolute atomic E-state index is 12.3. The van der Waals surface area contributed by atoms with Crippen LogP contribution in [0.5, 0.6) is 0 Å². The van der Waals surface area contributed by atoms with Crippen molar-refractivity contribution in [3.8, 4) is 0 Å². The summed E-state index contributed by atoms with van der Waals surface area (Å²) < 4.78 is 1.02. The van der Waals surface area contributed by atoms with Crippen molar-refractivity contribution in [2.45, 2.75) is 20.3 Å². The second kappa shape index (κ2) is 7.22. The fourth-order valence-electron chi connectivity index (χ4n) is 1.85. The van der Waals surface area contributed by atoms with Gasteiger partial charge in [-0.05, 0) is 49.2 Å². The van der Waals surface area contributed by atoms with E-state index < -0.39 is 0 Å². The fraction of sp³-hybridized carbons (Fsp3) is 0.250. The monoisotopic (exact) mass is 347 g/mol. The first-order valence-electron chi connectivity index (χ1n) is 6.87. The Labute approximate surface area is 133 Å². The minimum absolute atomic E-state index is 0.140. The molecule has 0 atom stereocenters. The molecule has 0 bridgehead atoms. The van der Waals surface area contributed by atoms with Crippen LogP contribution in [-0.4, -0.2) is 17.4 Å². The third kappa shape index (κ3) is 4.29. The van der Waals surface area contributed by atoms with Gasteiger partial charge in [0, 0.05) is 28.5 Å². The van der Waals surface area contributed by atoms with Crippen LogP contribution in [0.3, 0.4) is 0 Å². The summed E-state index contributed by atoms with van der Waals surface area (Å²) >= 11 is 3.44. The Morgan fingerprint density at radius 3 is 2.81 bits per heavy atom. The zero-order chi connectivity index (χ0) is 15.2. The quantitative estimate of drug-likeness (QED) is 0.850. The molecule has 2 rings (SSSR count). The van der Waals surface area contributed by atoms with E-state index >= 15 is 0 Å². The van der Waals surface area contributed by atoms with E-state index in [0.717, 1.165) is 34.5 Å². The first-order chi connectivity index (χ1) is 10.1. The average molecular weight is 348 g/mol. The summed E-state index contributed by atoms with van der Waals surface area (Å²) in [5.74, 6) is 0.579. The van der Waals surface area contributed by atoms with Crippen molar-refractivity contribution in [2.24, 2.45) is 0 Å². The molecule has 0 radical (unpaired) electrons. The molecule has 0 aliphatic rings. The average Bonchev–Trinajstić information content (AvgIpc) is 2.49. The number of hydrogen-bond acceptors (Lipinski definition) is 3. The van der Waals surface area contributed by atoms with E-state index in [1.165, 1.54) is 0 Å². The smallest absolute Gasteiger partial charge is 0.255 e. The number of pyridine rings is 1. The van der Waals surface area contributed by atoms with E-state index in [4.69, 9.17) is 0 Å². The SMILES string of the molecule is CCCNc1cc(C(=O)Nc2ccc(Br)c(C)c2)ccn1. The Balaban J connectivity index is 2.10. The van der Waals surface area contributed by atoms with Crippen LogP contribution in [0.2, 0.25) is 0 Å². The van der Waals surface area contributed by atoms with E-state index in [9.17, 15) is 4.79 Å². The Kier molecular flexibility index (Phi) is 5.33. The molecule has 110 valence electrons. The van der Waals surface area contributed by atoms with E-state index in [1.807, 2.05) is 25.1 Å². The number of carbonyl (C=O) groups is 1. The van der Waals surface area contributed by atoms with Crippen LogP contribution >= 0.6 is 15.9 Å². The lowest BCUT2D eigenvalue weighted by Crippen LogP contribution is -2.13. The van der Waals surface area contributed by atoms with E-state index in [2.05, 4.69) is 38.5 Å². The molecule has 1 heterocycles. The molecule has 0 saturated carbocycles. The minimum atomic E-state index is -0.140. The number of nitrogens with zero attached hydrogens (tertiary/aromatic N) is 1. The Morgan fingerprint density at radius 2 is 2.10 bits per heavy atom. The van der Waals surface area contributed by atoms with Gasteiger partial charge in [0.25, 0.3) is 5.91 Å². The summed E-state index contributed by atoms with van der Waals surface area (Å²) in [5.41, 5.74) is 2.44. The number of hydrogen-bond donors (Lipinski definition) is 2. The van der Waals surface area contributed by atoms with Gasteiger partial charge >= 0.3 is 0 Å². The number of carbonyl (C=O) groups excluding carboxylic acids is 1. The van der Waals surface area contributed by atoms with Crippen molar-refractivity contribution in [1.29, 1.82) is 0 Å². The van der Waals surface area contributed by atoms with Crippen LogP contribution in [0.1, 0.15) is 29.3 Å². The highest BCUT2D eigenvalue weighted by Crippen LogP contribution is 2.20. The predicted molar refractivity (Wildman–Crippen MR) is 89.8 cm³/mol. The van der Waals surface area contributed by atoms with Gasteiger partial charge in [-0.3, -0.25) is 4.79 Å². The summed E-state index contributed by atoms with van der Waals surface area (Å²) in [6.07, 6.45) is 2.65. The van der Waals surface area contributed by atoms with E-state index in [0.29, 0.717) is 5.56 Å². The lowest BCUT2D eigenvalue weighted by atomic mass is 10.2. The Morgan fingerprint density at radius 1 is 1.29 bits per heavy atom. The third-order valence-electron chi connectivity index (χ3n) is 2.99. The van der Waals surface area contributed by atoms with Gasteiger partial charge in [0.2, 0.25) is 0 Å². The fourth-order valence-corrected chi connectivity index (χ4v) is 2.09. The molecular weight excluding hydrogens is 330 g/mol. The predicted octanol–water partition coefficient (Wildman–Crippen LogP) is 4.23. The molecule has 1 aromatic carbocycles. The van der Waals surface area contributed by atoms with Gasteiger partial charge in [-0.1, -0.05) is 22.9 Å². The number of aromatic nitrogens is 1. The number of amides is 1. The molecule has 21 heavy (non-hydrogen) atoms. The van der Waals surface area contributed by atoms with Gasteiger partial charge in [-0.2, -0.15) is 0 Å². The summed E-state index contributed by atoms with van der Waals surface area (Å²) in [6.45, 7) is 4.91. The van der Waals surface area contributed by atoms with Gasteiger partial charge in [0.1, 0.15) is 5.82 Å². The van der Waals surface area contributed by atoms with Crippen molar-refractivity contribution in [3.63, 3.8) is 0 Å². The minimum Gasteiger partial charge on any atom is -0.370 e. The van der Waals surface area contributed by atoms with E-state index in [-0.39, 0.29) is 5.91 Å². The highest BCUT2D eigenvalue weighted by atomic mass is 79.9. The molecule has 0 fully saturated rings. The van der Waals surface area contributed by atoms with Crippen LogP contribution in [-0.2, 0) is 0 Å². The number of anilines is 2. The van der Waals surface area contributed by atoms with Gasteiger partial charge in [0.15, 0.2) is 0 Å². The second-order valence-electron chi connectivity index (χ2n) is 4.77. The third-order valence-corrected chi connectivity index (χ3v) is 3.88. The van der Waals surface area contributed by atoms with Crippen LogP contribution in [0, 0.1) is 6.92 Å². The van der Waals surface area contributed by atoms with E-state index in [1.54, 1.807) is 18.3 Å². The van der Waals surface area contributed by atoms with Crippen molar-refractivity contribution >= 4 is 33.3 Å². The number of halogens is 1. The molecule has 0 spiro atoms. The van der Waals surface area contributed by atoms with Crippen LogP contribution in [0.4, 0.5) is 11.5 Å². The lowest BCUT2D eigenvalue weighted by molar-refractivity contribution is 0.102. The zero-order valence-electron chi connectivity index (χ0n) is 12.1. The van der Waals surface area contributed by atoms with Gasteiger partial charge in [-0.15, -0.1) is 0 Å². The molecule has 4 nitrogen and oxygen atoms in total. The molecule has 5 heteroatoms. The van der Waals surface area contributed by atoms with Crippen LogP contribution in [0.25, 0.3) is 0 Å². The van der Waals surface area contributed by atoms with Crippen molar-refractivity contribution < 1.29 is 4.79 Å². The topological polar surface area (TPSA) is 54.0 Å². The van der Waals surface area contributed by atoms with Crippen molar-refractivity contribution in [2.75, 3.05) is 17.2 Å². The molecule has 2 aromatic rings. The summed E-state index contributed by atoms with van der Waals surface area (Å²) in [4.78, 5) is 16.5. The standard InChI is InChI=1S/C16H18BrN3O/c1-3-7-18-15-10-12(6-8-19-15)16(21)20-13-4-5-14(17)11(2)9-13/h4-6,8-10H,3,7H2,1-2H3,(H,18,19)(H,20,21). The molecular formula is C16H18BrN3O. The number of benzene rings is 1. The zero-order valence-corrected chi connectivity index (χ0v) is 13.7. The highest BCUT2D eigenvalue weighted by molar-refractivity contribution is 9.10. The van der Waals surface area contributed by atoms with Gasteiger partial charge in [0.05, 0.1) is 0 Å². The lowest BCUT2D eigenvalue weighted by Gasteiger charge is -2.09. The normalized spacial score (nSPS) is 10.2. The molecule has 0 aliphatic carbocycles. The molecule has 0 saturated heterocycles. The summed E-state index contributed by atoms with van der Waals surface area (Å²) in [6, 6.07) is 9.19. The van der Waals surface area contributed by atoms with Gasteiger partial charge < -0.3 is 10.6 Å². The Bertz CT molecular complexity index is 643. The number of aryl methyl sites for hydroxylation is 1. The Hall–Kier alpha value is -1.88. The summed E-state index contributed by atoms with van der Waals surface area (Å²) in [7, 11) is 0. The highest BCUT2D eigenvalue weighted by Gasteiger charge is 2.08. The second-order valence-corrected chi connectivity index (χ2v) is 5.63. The number of rotatable bonds is 5. The maximum atomic E-state index is 12.3. The number of nitrogens with one attached hydrogen (secondary N) is 2. The first-order valence-corrected chi connectivity index (χ1v) is 7.67. The summed E-state index contributed by atoms with van der Waals surface area (Å²) in [5, 5.41) is 6.07. The largest absolute Gasteiger partial charge is 0.370 e. The molecule has 2 N–H and O–H groups in total. The van der Waals surface area contributed by atoms with Crippen LogP contribution < -0.4 is 10.6 Å². The van der Waals surface area contributed by atoms with Crippen LogP contribution in [0.15, 0.2) is 41.0 Å². The molecule has 1 amide bonds. The van der Waals surface area contributed by atoms with Gasteiger partial charge in [-0.25, -0.2) is 4.98 Å².